The molecule has 0 bridgehead atoms. The molecule has 1 rings (SSSR count). The van der Waals surface area contributed by atoms with Crippen LogP contribution in [0.25, 0.3) is 0 Å². The van der Waals surface area contributed by atoms with Crippen LogP contribution in [-0.2, 0) is 9.53 Å². The summed E-state index contributed by atoms with van der Waals surface area (Å²) in [6.45, 7) is 7.19. The Morgan fingerprint density at radius 2 is 2.00 bits per heavy atom. The van der Waals surface area contributed by atoms with Crippen LogP contribution in [0.4, 0.5) is 0 Å². The van der Waals surface area contributed by atoms with Crippen molar-refractivity contribution in [3.8, 4) is 11.5 Å². The van der Waals surface area contributed by atoms with Crippen LogP contribution in [-0.4, -0.2) is 17.4 Å². The molecule has 0 heterocycles. The third kappa shape index (κ3) is 5.46. The zero-order valence-corrected chi connectivity index (χ0v) is 11.4. The van der Waals surface area contributed by atoms with Crippen LogP contribution < -0.4 is 4.74 Å². The van der Waals surface area contributed by atoms with Gasteiger partial charge < -0.3 is 14.6 Å². The fourth-order valence-corrected chi connectivity index (χ4v) is 1.41. The van der Waals surface area contributed by atoms with Crippen molar-refractivity contribution in [2.24, 2.45) is 0 Å². The summed E-state index contributed by atoms with van der Waals surface area (Å²) in [6, 6.07) is 6.30. The predicted octanol–water partition coefficient (Wildman–Crippen LogP) is 3.41. The lowest BCUT2D eigenvalue weighted by atomic mass is 10.2. The van der Waals surface area contributed by atoms with Crippen LogP contribution in [0.5, 0.6) is 11.5 Å². The van der Waals surface area contributed by atoms with E-state index in [0.717, 1.165) is 12.8 Å². The number of phenols is 1. The van der Waals surface area contributed by atoms with Crippen molar-refractivity contribution in [2.45, 2.75) is 39.4 Å². The number of ether oxygens (including phenoxy) is 2. The van der Waals surface area contributed by atoms with E-state index in [1.807, 2.05) is 0 Å². The summed E-state index contributed by atoms with van der Waals surface area (Å²) >= 11 is 0. The van der Waals surface area contributed by atoms with E-state index in [0.29, 0.717) is 17.7 Å². The highest BCUT2D eigenvalue weighted by Gasteiger charge is 2.16. The van der Waals surface area contributed by atoms with E-state index >= 15 is 0 Å². The van der Waals surface area contributed by atoms with Crippen LogP contribution in [0, 0.1) is 0 Å². The molecule has 0 radical (unpaired) electrons. The molecular formula is C15H20O4. The minimum Gasteiger partial charge on any atom is -0.508 e. The Morgan fingerprint density at radius 1 is 1.37 bits per heavy atom. The first kappa shape index (κ1) is 15.1. The van der Waals surface area contributed by atoms with Gasteiger partial charge in [-0.3, -0.25) is 0 Å². The van der Waals surface area contributed by atoms with E-state index in [4.69, 9.17) is 9.47 Å². The van der Waals surface area contributed by atoms with Gasteiger partial charge in [-0.15, -0.1) is 0 Å². The van der Waals surface area contributed by atoms with Crippen LogP contribution in [0.15, 0.2) is 36.4 Å². The first-order chi connectivity index (χ1) is 9.02. The Labute approximate surface area is 113 Å². The molecule has 0 aliphatic rings. The van der Waals surface area contributed by atoms with Gasteiger partial charge in [-0.25, -0.2) is 4.79 Å². The van der Waals surface area contributed by atoms with E-state index in [9.17, 15) is 9.90 Å². The number of hydrogen-bond acceptors (Lipinski definition) is 4. The average molecular weight is 264 g/mol. The third-order valence-corrected chi connectivity index (χ3v) is 2.48. The Bertz CT molecular complexity index is 422. The van der Waals surface area contributed by atoms with Crippen molar-refractivity contribution in [3.63, 3.8) is 0 Å². The van der Waals surface area contributed by atoms with Gasteiger partial charge in [0.25, 0.3) is 0 Å². The van der Waals surface area contributed by atoms with Gasteiger partial charge >= 0.3 is 5.97 Å². The Balaban J connectivity index is 2.65. The Hall–Kier alpha value is -1.97. The molecule has 0 saturated carbocycles. The molecule has 104 valence electrons. The van der Waals surface area contributed by atoms with Gasteiger partial charge in [-0.05, 0) is 37.6 Å². The summed E-state index contributed by atoms with van der Waals surface area (Å²) in [4.78, 5) is 11.5. The fourth-order valence-electron chi connectivity index (χ4n) is 1.41. The number of rotatable bonds is 7. The maximum absolute atomic E-state index is 11.5. The van der Waals surface area contributed by atoms with Crippen molar-refractivity contribution in [3.05, 3.63) is 36.4 Å². The van der Waals surface area contributed by atoms with Crippen molar-refractivity contribution in [2.75, 3.05) is 0 Å². The van der Waals surface area contributed by atoms with Gasteiger partial charge in [0, 0.05) is 12.0 Å². The van der Waals surface area contributed by atoms with E-state index in [1.54, 1.807) is 19.1 Å². The molecule has 0 aliphatic carbocycles. The second kappa shape index (κ2) is 7.46. The number of hydrogen-bond donors (Lipinski definition) is 1. The molecule has 0 saturated heterocycles. The molecule has 4 heteroatoms. The second-order valence-electron chi connectivity index (χ2n) is 4.37. The van der Waals surface area contributed by atoms with Gasteiger partial charge in [0.2, 0.25) is 6.29 Å². The number of carbonyl (C=O) groups excluding carboxylic acids is 1. The monoisotopic (exact) mass is 264 g/mol. The SMILES string of the molecule is C=C(C)C(=O)OC(CCCC)Oc1ccc(O)cc1. The van der Waals surface area contributed by atoms with E-state index in [2.05, 4.69) is 13.5 Å². The molecular weight excluding hydrogens is 244 g/mol. The first-order valence-corrected chi connectivity index (χ1v) is 6.35. The highest BCUT2D eigenvalue weighted by atomic mass is 16.7. The largest absolute Gasteiger partial charge is 0.508 e. The minimum absolute atomic E-state index is 0.163. The van der Waals surface area contributed by atoms with Crippen LogP contribution in [0.1, 0.15) is 33.1 Å². The summed E-state index contributed by atoms with van der Waals surface area (Å²) in [6.07, 6.45) is 1.87. The number of aromatic hydroxyl groups is 1. The molecule has 1 unspecified atom stereocenters. The zero-order chi connectivity index (χ0) is 14.3. The predicted molar refractivity (Wildman–Crippen MR) is 73.0 cm³/mol. The standard InChI is InChI=1S/C15H20O4/c1-4-5-6-14(19-15(17)11(2)3)18-13-9-7-12(16)8-10-13/h7-10,14,16H,2,4-6H2,1,3H3. The van der Waals surface area contributed by atoms with Crippen LogP contribution in [0.3, 0.4) is 0 Å². The molecule has 4 nitrogen and oxygen atoms in total. The number of esters is 1. The molecule has 1 aromatic rings. The van der Waals surface area contributed by atoms with E-state index in [-0.39, 0.29) is 5.75 Å². The topological polar surface area (TPSA) is 55.8 Å². The Morgan fingerprint density at radius 3 is 2.53 bits per heavy atom. The lowest BCUT2D eigenvalue weighted by Gasteiger charge is -2.19. The van der Waals surface area contributed by atoms with Gasteiger partial charge in [0.1, 0.15) is 11.5 Å². The highest BCUT2D eigenvalue weighted by Crippen LogP contribution is 2.19. The molecule has 0 aliphatic heterocycles. The third-order valence-electron chi connectivity index (χ3n) is 2.48. The molecule has 1 N–H and O–H groups in total. The second-order valence-corrected chi connectivity index (χ2v) is 4.37. The van der Waals surface area contributed by atoms with Crippen molar-refractivity contribution in [1.29, 1.82) is 0 Å². The number of benzene rings is 1. The summed E-state index contributed by atoms with van der Waals surface area (Å²) in [5.41, 5.74) is 0.343. The normalized spacial score (nSPS) is 11.7. The molecule has 0 spiro atoms. The van der Waals surface area contributed by atoms with E-state index < -0.39 is 12.3 Å². The summed E-state index contributed by atoms with van der Waals surface area (Å²) in [5.74, 6) is 0.254. The number of phenolic OH excluding ortho intramolecular Hbond substituents is 1. The first-order valence-electron chi connectivity index (χ1n) is 6.35. The molecule has 0 fully saturated rings. The summed E-state index contributed by atoms with van der Waals surface area (Å²) in [7, 11) is 0. The lowest BCUT2D eigenvalue weighted by molar-refractivity contribution is -0.159. The average Bonchev–Trinajstić information content (AvgIpc) is 2.38. The fraction of sp³-hybridized carbons (Fsp3) is 0.400. The molecule has 0 amide bonds. The molecule has 1 aromatic carbocycles. The van der Waals surface area contributed by atoms with Gasteiger partial charge in [-0.1, -0.05) is 19.9 Å². The quantitative estimate of drug-likeness (QED) is 0.466. The smallest absolute Gasteiger partial charge is 0.336 e. The maximum atomic E-state index is 11.5. The van der Waals surface area contributed by atoms with Gasteiger partial charge in [0.05, 0.1) is 0 Å². The minimum atomic E-state index is -0.631. The van der Waals surface area contributed by atoms with E-state index in [1.165, 1.54) is 12.1 Å². The van der Waals surface area contributed by atoms with Crippen molar-refractivity contribution in [1.82, 2.24) is 0 Å². The summed E-state index contributed by atoms with van der Waals surface area (Å²) in [5, 5.41) is 9.20. The van der Waals surface area contributed by atoms with Crippen molar-refractivity contribution >= 4 is 5.97 Å². The van der Waals surface area contributed by atoms with Crippen LogP contribution >= 0.6 is 0 Å². The highest BCUT2D eigenvalue weighted by molar-refractivity contribution is 5.87. The number of carbonyl (C=O) groups is 1. The van der Waals surface area contributed by atoms with Crippen molar-refractivity contribution < 1.29 is 19.4 Å². The van der Waals surface area contributed by atoms with Gasteiger partial charge in [0.15, 0.2) is 0 Å². The molecule has 1 atom stereocenters. The Kier molecular flexibility index (Phi) is 5.93. The number of unbranched alkanes of at least 4 members (excludes halogenated alkanes) is 1. The summed E-state index contributed by atoms with van der Waals surface area (Å²) < 4.78 is 10.8. The lowest BCUT2D eigenvalue weighted by Crippen LogP contribution is -2.24. The van der Waals surface area contributed by atoms with Gasteiger partial charge in [-0.2, -0.15) is 0 Å². The zero-order valence-electron chi connectivity index (χ0n) is 11.4. The van der Waals surface area contributed by atoms with Crippen LogP contribution in [0.2, 0.25) is 0 Å². The maximum Gasteiger partial charge on any atom is 0.336 e. The molecule has 0 aromatic heterocycles. The molecule has 19 heavy (non-hydrogen) atoms.